The third-order valence-corrected chi connectivity index (χ3v) is 8.31. The van der Waals surface area contributed by atoms with Crippen molar-refractivity contribution in [3.05, 3.63) is 53.6 Å². The lowest BCUT2D eigenvalue weighted by Gasteiger charge is -2.41. The van der Waals surface area contributed by atoms with Crippen LogP contribution < -0.4 is 19.5 Å². The van der Waals surface area contributed by atoms with Gasteiger partial charge in [-0.1, -0.05) is 12.1 Å². The number of nitrogens with one attached hydrogen (secondary N) is 1. The summed E-state index contributed by atoms with van der Waals surface area (Å²) in [4.78, 5) is 17.5. The molecule has 0 aromatic heterocycles. The fourth-order valence-electron chi connectivity index (χ4n) is 6.18. The van der Waals surface area contributed by atoms with E-state index in [1.807, 2.05) is 47.4 Å². The highest BCUT2D eigenvalue weighted by Crippen LogP contribution is 2.35. The van der Waals surface area contributed by atoms with E-state index in [2.05, 4.69) is 16.3 Å². The Morgan fingerprint density at radius 1 is 1.05 bits per heavy atom. The molecule has 214 valence electrons. The Labute approximate surface area is 236 Å². The molecule has 0 radical (unpaired) electrons. The van der Waals surface area contributed by atoms with Crippen molar-refractivity contribution in [1.82, 2.24) is 15.1 Å². The van der Waals surface area contributed by atoms with Crippen molar-refractivity contribution in [3.63, 3.8) is 0 Å². The van der Waals surface area contributed by atoms with Gasteiger partial charge in [0.2, 0.25) is 0 Å². The third-order valence-electron chi connectivity index (χ3n) is 8.31. The largest absolute Gasteiger partial charge is 0.493 e. The molecule has 1 N–H and O–H groups in total. The normalized spacial score (nSPS) is 23.2. The molecule has 0 aliphatic carbocycles. The second kappa shape index (κ2) is 13.2. The third kappa shape index (κ3) is 6.62. The lowest BCUT2D eigenvalue weighted by atomic mass is 10.0. The summed E-state index contributed by atoms with van der Waals surface area (Å²) >= 11 is 0. The summed E-state index contributed by atoms with van der Waals surface area (Å²) in [6, 6.07) is 16.2. The summed E-state index contributed by atoms with van der Waals surface area (Å²) in [5.41, 5.74) is 1.66. The number of piperazine rings is 1. The second-order valence-corrected chi connectivity index (χ2v) is 10.8. The van der Waals surface area contributed by atoms with Gasteiger partial charge in [-0.05, 0) is 81.3 Å². The molecule has 4 atom stereocenters. The minimum Gasteiger partial charge on any atom is -0.493 e. The molecule has 9 heteroatoms. The number of benzene rings is 2. The Morgan fingerprint density at radius 2 is 1.80 bits per heavy atom. The summed E-state index contributed by atoms with van der Waals surface area (Å²) in [6.45, 7) is 3.20. The van der Waals surface area contributed by atoms with Crippen LogP contribution in [0.2, 0.25) is 0 Å². The topological polar surface area (TPSA) is 96.3 Å². The SMILES string of the molecule is COc1ccc(OC(CCCN2C3CCC2CN(C(=O)NC2CCCCO2)C3)c2ccc(C#N)cc2)cc1OC. The summed E-state index contributed by atoms with van der Waals surface area (Å²) in [7, 11) is 3.23. The molecule has 3 aliphatic heterocycles. The maximum atomic E-state index is 12.9. The first-order chi connectivity index (χ1) is 19.6. The average Bonchev–Trinajstić information content (AvgIpc) is 3.22. The van der Waals surface area contributed by atoms with E-state index in [0.29, 0.717) is 34.9 Å². The zero-order chi connectivity index (χ0) is 27.9. The van der Waals surface area contributed by atoms with E-state index in [0.717, 1.165) is 76.8 Å². The summed E-state index contributed by atoms with van der Waals surface area (Å²) in [6.07, 6.45) is 6.75. The molecule has 40 heavy (non-hydrogen) atoms. The van der Waals surface area contributed by atoms with E-state index < -0.39 is 0 Å². The van der Waals surface area contributed by atoms with Gasteiger partial charge in [0.25, 0.3) is 0 Å². The molecule has 3 saturated heterocycles. The minimum absolute atomic E-state index is 0.00708. The second-order valence-electron chi connectivity index (χ2n) is 10.8. The molecule has 3 aliphatic rings. The number of nitriles is 1. The Morgan fingerprint density at radius 3 is 2.45 bits per heavy atom. The average molecular weight is 549 g/mol. The van der Waals surface area contributed by atoms with Gasteiger partial charge in [-0.2, -0.15) is 5.26 Å². The molecule has 4 unspecified atom stereocenters. The number of amides is 2. The van der Waals surface area contributed by atoms with Crippen LogP contribution in [0.4, 0.5) is 4.79 Å². The van der Waals surface area contributed by atoms with E-state index >= 15 is 0 Å². The van der Waals surface area contributed by atoms with Crippen LogP contribution in [0.5, 0.6) is 17.2 Å². The number of rotatable bonds is 10. The van der Waals surface area contributed by atoms with Crippen molar-refractivity contribution < 1.29 is 23.7 Å². The van der Waals surface area contributed by atoms with Gasteiger partial charge in [-0.15, -0.1) is 0 Å². The number of methoxy groups -OCH3 is 2. The summed E-state index contributed by atoms with van der Waals surface area (Å²) in [5.74, 6) is 1.97. The lowest BCUT2D eigenvalue weighted by molar-refractivity contribution is -0.00394. The van der Waals surface area contributed by atoms with E-state index in [4.69, 9.17) is 18.9 Å². The first-order valence-corrected chi connectivity index (χ1v) is 14.4. The number of ether oxygens (including phenoxy) is 4. The predicted octanol–water partition coefficient (Wildman–Crippen LogP) is 4.86. The van der Waals surface area contributed by atoms with Crippen LogP contribution in [0.25, 0.3) is 0 Å². The van der Waals surface area contributed by atoms with Crippen LogP contribution in [0.3, 0.4) is 0 Å². The number of hydrogen-bond acceptors (Lipinski definition) is 7. The van der Waals surface area contributed by atoms with Gasteiger partial charge in [0, 0.05) is 37.8 Å². The Bertz CT molecular complexity index is 1160. The zero-order valence-electron chi connectivity index (χ0n) is 23.5. The maximum Gasteiger partial charge on any atom is 0.319 e. The number of hydrogen-bond donors (Lipinski definition) is 1. The standard InChI is InChI=1S/C31H40N4O5/c1-37-28-15-14-26(18-29(28)38-2)40-27(23-10-8-22(19-32)9-11-23)6-5-16-35-24-12-13-25(35)21-34(20-24)31(36)33-30-7-3-4-17-39-30/h8-11,14-15,18,24-25,27,30H,3-7,12-13,16-17,20-21H2,1-2H3,(H,33,36). The fraction of sp³-hybridized carbons (Fsp3) is 0.548. The molecule has 0 spiro atoms. The molecule has 2 amide bonds. The van der Waals surface area contributed by atoms with Gasteiger partial charge < -0.3 is 29.2 Å². The highest BCUT2D eigenvalue weighted by molar-refractivity contribution is 5.74. The van der Waals surface area contributed by atoms with Crippen LogP contribution in [-0.2, 0) is 4.74 Å². The van der Waals surface area contributed by atoms with Crippen molar-refractivity contribution in [2.75, 3.05) is 40.5 Å². The molecular formula is C31H40N4O5. The molecule has 3 heterocycles. The lowest BCUT2D eigenvalue weighted by Crippen LogP contribution is -2.58. The molecule has 2 bridgehead atoms. The van der Waals surface area contributed by atoms with E-state index in [1.54, 1.807) is 14.2 Å². The minimum atomic E-state index is -0.175. The van der Waals surface area contributed by atoms with E-state index in [-0.39, 0.29) is 18.4 Å². The molecule has 2 aromatic rings. The van der Waals surface area contributed by atoms with Crippen molar-refractivity contribution >= 4 is 6.03 Å². The van der Waals surface area contributed by atoms with Crippen LogP contribution >= 0.6 is 0 Å². The van der Waals surface area contributed by atoms with E-state index in [9.17, 15) is 10.1 Å². The van der Waals surface area contributed by atoms with Crippen LogP contribution in [0, 0.1) is 11.3 Å². The Balaban J connectivity index is 1.20. The van der Waals surface area contributed by atoms with Gasteiger partial charge in [-0.3, -0.25) is 4.90 Å². The van der Waals surface area contributed by atoms with Crippen LogP contribution in [-0.4, -0.2) is 74.6 Å². The first kappa shape index (κ1) is 28.1. The smallest absolute Gasteiger partial charge is 0.319 e. The highest BCUT2D eigenvalue weighted by atomic mass is 16.5. The number of nitrogens with zero attached hydrogens (tertiary/aromatic N) is 3. The molecule has 9 nitrogen and oxygen atoms in total. The number of carbonyl (C=O) groups is 1. The maximum absolute atomic E-state index is 12.9. The van der Waals surface area contributed by atoms with Crippen molar-refractivity contribution in [3.8, 4) is 23.3 Å². The number of fused-ring (bicyclic) bond motifs is 2. The molecule has 3 fully saturated rings. The zero-order valence-corrected chi connectivity index (χ0v) is 23.5. The monoisotopic (exact) mass is 548 g/mol. The Hall–Kier alpha value is -3.48. The number of urea groups is 1. The Kier molecular flexibility index (Phi) is 9.30. The molecule has 5 rings (SSSR count). The van der Waals surface area contributed by atoms with Crippen LogP contribution in [0.15, 0.2) is 42.5 Å². The quantitative estimate of drug-likeness (QED) is 0.453. The molecule has 2 aromatic carbocycles. The van der Waals surface area contributed by atoms with Gasteiger partial charge in [0.15, 0.2) is 11.5 Å². The van der Waals surface area contributed by atoms with Gasteiger partial charge in [-0.25, -0.2) is 4.79 Å². The highest BCUT2D eigenvalue weighted by Gasteiger charge is 2.41. The molecular weight excluding hydrogens is 508 g/mol. The molecule has 0 saturated carbocycles. The van der Waals surface area contributed by atoms with Gasteiger partial charge >= 0.3 is 6.03 Å². The van der Waals surface area contributed by atoms with E-state index in [1.165, 1.54) is 0 Å². The fourth-order valence-corrected chi connectivity index (χ4v) is 6.18. The van der Waals surface area contributed by atoms with Crippen molar-refractivity contribution in [2.24, 2.45) is 0 Å². The van der Waals surface area contributed by atoms with Gasteiger partial charge in [0.1, 0.15) is 18.1 Å². The number of carbonyl (C=O) groups excluding carboxylic acids is 1. The predicted molar refractivity (Wildman–Crippen MR) is 151 cm³/mol. The van der Waals surface area contributed by atoms with Crippen LogP contribution in [0.1, 0.15) is 62.2 Å². The first-order valence-electron chi connectivity index (χ1n) is 14.4. The number of likely N-dealkylation sites (tertiary alicyclic amines) is 1. The summed E-state index contributed by atoms with van der Waals surface area (Å²) in [5, 5.41) is 12.3. The van der Waals surface area contributed by atoms with Crippen molar-refractivity contribution in [2.45, 2.75) is 69.4 Å². The summed E-state index contributed by atoms with van der Waals surface area (Å²) < 4.78 is 23.0. The van der Waals surface area contributed by atoms with Crippen molar-refractivity contribution in [1.29, 1.82) is 5.26 Å². The van der Waals surface area contributed by atoms with Gasteiger partial charge in [0.05, 0.1) is 25.9 Å².